The van der Waals surface area contributed by atoms with Gasteiger partial charge in [-0.05, 0) is 49.5 Å². The van der Waals surface area contributed by atoms with Crippen LogP contribution in [0.4, 0.5) is 11.6 Å². The molecular formula is C32H31N7O3. The number of pyridine rings is 1. The predicted octanol–water partition coefficient (Wildman–Crippen LogP) is 5.05. The minimum atomic E-state index is -0.0893. The van der Waals surface area contributed by atoms with Crippen LogP contribution in [0.15, 0.2) is 79.1 Å². The minimum Gasteiger partial charge on any atom is -0.493 e. The molecule has 0 spiro atoms. The van der Waals surface area contributed by atoms with E-state index in [0.29, 0.717) is 29.6 Å². The van der Waals surface area contributed by atoms with Gasteiger partial charge in [-0.15, -0.1) is 0 Å². The van der Waals surface area contributed by atoms with Crippen molar-refractivity contribution >= 4 is 28.4 Å². The fourth-order valence-electron chi connectivity index (χ4n) is 5.42. The normalized spacial score (nSPS) is 17.0. The van der Waals surface area contributed by atoms with Crippen molar-refractivity contribution in [2.45, 2.75) is 12.5 Å². The molecule has 2 aliphatic heterocycles. The number of para-hydroxylation sites is 1. The second-order valence-electron chi connectivity index (χ2n) is 10.6. The fraction of sp³-hybridized carbons (Fsp3) is 0.250. The van der Waals surface area contributed by atoms with Crippen molar-refractivity contribution in [1.29, 1.82) is 0 Å². The molecule has 5 aromatic rings. The van der Waals surface area contributed by atoms with Crippen molar-refractivity contribution in [3.05, 3.63) is 90.4 Å². The number of rotatable bonds is 6. The number of hydrogen-bond acceptors (Lipinski definition) is 8. The summed E-state index contributed by atoms with van der Waals surface area (Å²) in [6.07, 6.45) is 4.11. The Morgan fingerprint density at radius 1 is 0.976 bits per heavy atom. The first-order valence-electron chi connectivity index (χ1n) is 14.1. The molecule has 2 aliphatic rings. The lowest BCUT2D eigenvalue weighted by Crippen LogP contribution is -2.47. The number of H-pyrrole nitrogens is 1. The smallest absolute Gasteiger partial charge is 0.270 e. The highest BCUT2D eigenvalue weighted by Crippen LogP contribution is 2.35. The van der Waals surface area contributed by atoms with E-state index in [4.69, 9.17) is 14.5 Å². The maximum absolute atomic E-state index is 13.0. The number of fused-ring (bicyclic) bond motifs is 2. The van der Waals surface area contributed by atoms with Gasteiger partial charge in [0.25, 0.3) is 5.91 Å². The number of carbonyl (C=O) groups is 1. The molecule has 0 aliphatic carbocycles. The van der Waals surface area contributed by atoms with Crippen LogP contribution in [0, 0.1) is 0 Å². The zero-order valence-corrected chi connectivity index (χ0v) is 23.3. The van der Waals surface area contributed by atoms with Gasteiger partial charge in [-0.2, -0.15) is 0 Å². The molecule has 5 heterocycles. The summed E-state index contributed by atoms with van der Waals surface area (Å²) in [5.74, 6) is 2.06. The standard InChI is InChI=1S/C32H31N7O3/c1-38-13-15-39(16-14-38)31(40)28-19-21-18-22(6-7-25(21)36-28)35-32-34-12-9-26(37-32)27-20-23(8-11-33-27)42-30-10-17-41-29-5-3-2-4-24(29)30/h2-9,11-12,18-20,30,36H,10,13-17H2,1H3,(H,34,35,37). The zero-order chi connectivity index (χ0) is 28.5. The number of aromatic nitrogens is 4. The topological polar surface area (TPSA) is 108 Å². The Morgan fingerprint density at radius 2 is 1.83 bits per heavy atom. The second kappa shape index (κ2) is 11.1. The number of aromatic amines is 1. The predicted molar refractivity (Wildman–Crippen MR) is 160 cm³/mol. The van der Waals surface area contributed by atoms with Crippen molar-refractivity contribution in [2.75, 3.05) is 45.2 Å². The van der Waals surface area contributed by atoms with E-state index in [1.807, 2.05) is 71.6 Å². The molecule has 2 aromatic carbocycles. The minimum absolute atomic E-state index is 0.0320. The van der Waals surface area contributed by atoms with Crippen molar-refractivity contribution in [3.8, 4) is 22.9 Å². The number of nitrogens with zero attached hydrogens (tertiary/aromatic N) is 5. The number of hydrogen-bond donors (Lipinski definition) is 2. The number of anilines is 2. The zero-order valence-electron chi connectivity index (χ0n) is 23.3. The molecule has 1 fully saturated rings. The van der Waals surface area contributed by atoms with Crippen LogP contribution < -0.4 is 14.8 Å². The third-order valence-corrected chi connectivity index (χ3v) is 7.73. The summed E-state index contributed by atoms with van der Waals surface area (Å²) in [5.41, 5.74) is 4.73. The number of piperazine rings is 1. The highest BCUT2D eigenvalue weighted by atomic mass is 16.5. The van der Waals surface area contributed by atoms with E-state index in [1.54, 1.807) is 12.4 Å². The Bertz CT molecular complexity index is 1750. The molecule has 1 unspecified atom stereocenters. The van der Waals surface area contributed by atoms with Crippen molar-refractivity contribution in [3.63, 3.8) is 0 Å². The average Bonchev–Trinajstić information content (AvgIpc) is 3.45. The number of nitrogens with one attached hydrogen (secondary N) is 2. The maximum atomic E-state index is 13.0. The summed E-state index contributed by atoms with van der Waals surface area (Å²) in [6.45, 7) is 3.85. The van der Waals surface area contributed by atoms with Gasteiger partial charge in [-0.1, -0.05) is 18.2 Å². The highest BCUT2D eigenvalue weighted by Gasteiger charge is 2.23. The van der Waals surface area contributed by atoms with Gasteiger partial charge in [-0.25, -0.2) is 9.97 Å². The van der Waals surface area contributed by atoms with Crippen LogP contribution in [0.3, 0.4) is 0 Å². The summed E-state index contributed by atoms with van der Waals surface area (Å²) in [5, 5.41) is 4.23. The molecule has 212 valence electrons. The third kappa shape index (κ3) is 5.36. The number of amides is 1. The van der Waals surface area contributed by atoms with E-state index < -0.39 is 0 Å². The summed E-state index contributed by atoms with van der Waals surface area (Å²) >= 11 is 0. The summed E-state index contributed by atoms with van der Waals surface area (Å²) in [4.78, 5) is 34.1. The van der Waals surface area contributed by atoms with E-state index in [-0.39, 0.29) is 12.0 Å². The Balaban J connectivity index is 1.07. The monoisotopic (exact) mass is 561 g/mol. The molecule has 2 N–H and O–H groups in total. The molecule has 1 saturated heterocycles. The summed E-state index contributed by atoms with van der Waals surface area (Å²) in [6, 6.07) is 21.4. The van der Waals surface area contributed by atoms with Crippen molar-refractivity contribution in [1.82, 2.24) is 29.7 Å². The molecule has 42 heavy (non-hydrogen) atoms. The van der Waals surface area contributed by atoms with E-state index in [9.17, 15) is 4.79 Å². The van der Waals surface area contributed by atoms with Gasteiger partial charge in [0.05, 0.1) is 18.0 Å². The first kappa shape index (κ1) is 26.0. The molecular weight excluding hydrogens is 530 g/mol. The van der Waals surface area contributed by atoms with Gasteiger partial charge in [-0.3, -0.25) is 9.78 Å². The Morgan fingerprint density at radius 3 is 2.74 bits per heavy atom. The number of benzene rings is 2. The Labute approximate surface area is 243 Å². The van der Waals surface area contributed by atoms with Gasteiger partial charge in [0.1, 0.15) is 23.3 Å². The quantitative estimate of drug-likeness (QED) is 0.296. The Kier molecular flexibility index (Phi) is 6.89. The average molecular weight is 562 g/mol. The summed E-state index contributed by atoms with van der Waals surface area (Å²) in [7, 11) is 2.08. The van der Waals surface area contributed by atoms with Crippen LogP contribution in [0.25, 0.3) is 22.3 Å². The van der Waals surface area contributed by atoms with Crippen molar-refractivity contribution < 1.29 is 14.3 Å². The second-order valence-corrected chi connectivity index (χ2v) is 10.6. The molecule has 10 heteroatoms. The van der Waals surface area contributed by atoms with Crippen LogP contribution >= 0.6 is 0 Å². The van der Waals surface area contributed by atoms with Gasteiger partial charge in [0.2, 0.25) is 5.95 Å². The molecule has 0 radical (unpaired) electrons. The molecule has 3 aromatic heterocycles. The van der Waals surface area contributed by atoms with Crippen LogP contribution in [0.1, 0.15) is 28.6 Å². The number of ether oxygens (including phenoxy) is 2. The highest BCUT2D eigenvalue weighted by molar-refractivity contribution is 5.98. The largest absolute Gasteiger partial charge is 0.493 e. The lowest BCUT2D eigenvalue weighted by Gasteiger charge is -2.32. The van der Waals surface area contributed by atoms with Crippen LogP contribution in [-0.4, -0.2) is 75.5 Å². The molecule has 7 rings (SSSR count). The van der Waals surface area contributed by atoms with Gasteiger partial charge < -0.3 is 29.6 Å². The van der Waals surface area contributed by atoms with Crippen LogP contribution in [0.5, 0.6) is 11.5 Å². The first-order chi connectivity index (χ1) is 20.6. The molecule has 0 bridgehead atoms. The summed E-state index contributed by atoms with van der Waals surface area (Å²) < 4.78 is 12.1. The Hall–Kier alpha value is -4.96. The van der Waals surface area contributed by atoms with Crippen molar-refractivity contribution in [2.24, 2.45) is 0 Å². The fourth-order valence-corrected chi connectivity index (χ4v) is 5.42. The van der Waals surface area contributed by atoms with E-state index in [0.717, 1.165) is 66.3 Å². The SMILES string of the molecule is CN1CCN(C(=O)c2cc3cc(Nc4nccc(-c5cc(OC6CCOc7ccccc76)ccn5)n4)ccc3[nH]2)CC1. The van der Waals surface area contributed by atoms with E-state index >= 15 is 0 Å². The third-order valence-electron chi connectivity index (χ3n) is 7.73. The molecule has 1 amide bonds. The van der Waals surface area contributed by atoms with Gasteiger partial charge in [0, 0.05) is 73.2 Å². The first-order valence-corrected chi connectivity index (χ1v) is 14.1. The molecule has 10 nitrogen and oxygen atoms in total. The number of likely N-dealkylation sites (N-methyl/N-ethyl adjacent to an activating group) is 1. The van der Waals surface area contributed by atoms with Gasteiger partial charge in [0.15, 0.2) is 0 Å². The number of carbonyl (C=O) groups excluding carboxylic acids is 1. The van der Waals surface area contributed by atoms with E-state index in [1.165, 1.54) is 0 Å². The van der Waals surface area contributed by atoms with Crippen LogP contribution in [-0.2, 0) is 0 Å². The maximum Gasteiger partial charge on any atom is 0.270 e. The molecule has 1 atom stereocenters. The van der Waals surface area contributed by atoms with Crippen LogP contribution in [0.2, 0.25) is 0 Å². The van der Waals surface area contributed by atoms with Gasteiger partial charge >= 0.3 is 0 Å². The van der Waals surface area contributed by atoms with E-state index in [2.05, 4.69) is 32.2 Å². The molecule has 0 saturated carbocycles. The lowest BCUT2D eigenvalue weighted by atomic mass is 10.0. The lowest BCUT2D eigenvalue weighted by molar-refractivity contribution is 0.0659.